The van der Waals surface area contributed by atoms with E-state index in [0.717, 1.165) is 7.11 Å². The summed E-state index contributed by atoms with van der Waals surface area (Å²) < 4.78 is 75.0. The van der Waals surface area contributed by atoms with E-state index in [9.17, 15) is 21.0 Å². The van der Waals surface area contributed by atoms with Gasteiger partial charge in [0.15, 0.2) is 5.44 Å². The summed E-state index contributed by atoms with van der Waals surface area (Å²) in [6.07, 6.45) is 0. The van der Waals surface area contributed by atoms with Gasteiger partial charge in [-0.15, -0.1) is 0 Å². The Bertz CT molecular complexity index is 488. The summed E-state index contributed by atoms with van der Waals surface area (Å²) in [4.78, 5) is 0. The highest BCUT2D eigenvalue weighted by Gasteiger charge is 2.25. The molecular weight excluding hydrogens is 322 g/mol. The third-order valence-electron chi connectivity index (χ3n) is 1.97. The molecule has 0 aromatic rings. The first-order valence-electron chi connectivity index (χ1n) is 4.91. The Morgan fingerprint density at radius 2 is 1.89 bits per heavy atom. The molecule has 0 rings (SSSR count). The minimum Gasteiger partial charge on any atom is -0.363 e. The Morgan fingerprint density at radius 1 is 1.32 bits per heavy atom. The van der Waals surface area contributed by atoms with Gasteiger partial charge in [-0.3, -0.25) is 4.55 Å². The van der Waals surface area contributed by atoms with Gasteiger partial charge in [-0.25, -0.2) is 35.2 Å². The maximum Gasteiger partial charge on any atom is 0.240 e. The van der Waals surface area contributed by atoms with Gasteiger partial charge >= 0.3 is 0 Å². The third kappa shape index (κ3) is 7.88. The Morgan fingerprint density at radius 3 is 2.32 bits per heavy atom. The van der Waals surface area contributed by atoms with Crippen molar-refractivity contribution in [3.05, 3.63) is 0 Å². The molecule has 19 heavy (non-hydrogen) atoms. The number of ether oxygens (including phenoxy) is 1. The fourth-order valence-corrected chi connectivity index (χ4v) is 3.20. The van der Waals surface area contributed by atoms with Crippen molar-refractivity contribution in [1.29, 1.82) is 0 Å². The van der Waals surface area contributed by atoms with Gasteiger partial charge in [-0.1, -0.05) is 0 Å². The second kappa shape index (κ2) is 8.21. The summed E-state index contributed by atoms with van der Waals surface area (Å²) in [7, 11) is -5.18. The van der Waals surface area contributed by atoms with Gasteiger partial charge in [0, 0.05) is 13.7 Å². The Hall–Kier alpha value is -0.150. The quantitative estimate of drug-likeness (QED) is 0.313. The molecule has 116 valence electrons. The molecule has 0 saturated carbocycles. The molecule has 0 radical (unpaired) electrons. The molecule has 0 heterocycles. The van der Waals surface area contributed by atoms with Crippen LogP contribution in [0.1, 0.15) is 0 Å². The smallest absolute Gasteiger partial charge is 0.240 e. The molecule has 0 bridgehead atoms. The fourth-order valence-electron chi connectivity index (χ4n) is 0.972. The second-order valence-corrected chi connectivity index (χ2v) is 7.96. The Balaban J connectivity index is 4.46. The van der Waals surface area contributed by atoms with Crippen molar-refractivity contribution in [1.82, 2.24) is 14.2 Å². The number of sulfonamides is 2. The number of methoxy groups -OCH3 is 1. The van der Waals surface area contributed by atoms with E-state index >= 15 is 0 Å². The van der Waals surface area contributed by atoms with Crippen LogP contribution in [-0.2, 0) is 36.0 Å². The number of nitrogens with one attached hydrogen (secondary N) is 3. The van der Waals surface area contributed by atoms with Crippen LogP contribution in [0, 0.1) is 0 Å². The molecule has 0 fully saturated rings. The summed E-state index contributed by atoms with van der Waals surface area (Å²) >= 11 is -2.37. The van der Waals surface area contributed by atoms with E-state index in [-0.39, 0.29) is 6.54 Å². The van der Waals surface area contributed by atoms with Gasteiger partial charge in [0.05, 0.1) is 12.3 Å². The number of hydrogen-bond donors (Lipinski definition) is 4. The van der Waals surface area contributed by atoms with E-state index in [2.05, 4.69) is 4.74 Å². The van der Waals surface area contributed by atoms with Crippen LogP contribution in [0.25, 0.3) is 0 Å². The molecule has 4 N–H and O–H groups in total. The zero-order chi connectivity index (χ0) is 15.1. The standard InChI is InChI=1S/C6H17N3O7S3/c1-7-18(12,13)4-3-9-19(14,15)6(16-2)5-8-17(10)11/h6-9H,3-5H2,1-2H3,(H,10,11). The average Bonchev–Trinajstić information content (AvgIpc) is 2.28. The molecule has 0 aromatic heterocycles. The summed E-state index contributed by atoms with van der Waals surface area (Å²) in [5, 5.41) is 0. The number of hydrogen-bond acceptors (Lipinski definition) is 6. The molecule has 0 amide bonds. The van der Waals surface area contributed by atoms with Crippen LogP contribution in [0.2, 0.25) is 0 Å². The summed E-state index contributed by atoms with van der Waals surface area (Å²) in [6.45, 7) is -0.763. The normalized spacial score (nSPS) is 16.2. The van der Waals surface area contributed by atoms with Gasteiger partial charge < -0.3 is 4.74 Å². The average molecular weight is 339 g/mol. The van der Waals surface area contributed by atoms with E-state index < -0.39 is 49.0 Å². The minimum atomic E-state index is -3.97. The first-order valence-corrected chi connectivity index (χ1v) is 9.22. The van der Waals surface area contributed by atoms with E-state index in [0.29, 0.717) is 0 Å². The molecule has 13 heteroatoms. The van der Waals surface area contributed by atoms with Crippen LogP contribution in [0.15, 0.2) is 0 Å². The highest BCUT2D eigenvalue weighted by Crippen LogP contribution is 1.99. The molecule has 2 atom stereocenters. The van der Waals surface area contributed by atoms with Crippen LogP contribution >= 0.6 is 0 Å². The lowest BCUT2D eigenvalue weighted by Crippen LogP contribution is -2.44. The zero-order valence-electron chi connectivity index (χ0n) is 10.3. The highest BCUT2D eigenvalue weighted by atomic mass is 32.2. The van der Waals surface area contributed by atoms with Crippen molar-refractivity contribution in [3.63, 3.8) is 0 Å². The molecule has 0 spiro atoms. The summed E-state index contributed by atoms with van der Waals surface area (Å²) in [5.74, 6) is -0.432. The molecule has 0 aliphatic rings. The van der Waals surface area contributed by atoms with Crippen molar-refractivity contribution >= 4 is 31.3 Å². The van der Waals surface area contributed by atoms with Crippen LogP contribution < -0.4 is 14.2 Å². The summed E-state index contributed by atoms with van der Waals surface area (Å²) in [6, 6.07) is 0. The van der Waals surface area contributed by atoms with E-state index in [1.165, 1.54) is 7.05 Å². The number of rotatable bonds is 10. The Labute approximate surface area is 114 Å². The van der Waals surface area contributed by atoms with Crippen molar-refractivity contribution in [2.24, 2.45) is 0 Å². The van der Waals surface area contributed by atoms with Gasteiger partial charge in [0.2, 0.25) is 31.3 Å². The topological polar surface area (TPSA) is 151 Å². The van der Waals surface area contributed by atoms with Crippen molar-refractivity contribution in [3.8, 4) is 0 Å². The molecule has 0 aromatic carbocycles. The minimum absolute atomic E-state index is 0.340. The fraction of sp³-hybridized carbons (Fsp3) is 1.00. The van der Waals surface area contributed by atoms with Crippen LogP contribution in [0.3, 0.4) is 0 Å². The zero-order valence-corrected chi connectivity index (χ0v) is 12.8. The van der Waals surface area contributed by atoms with Gasteiger partial charge in [0.25, 0.3) is 0 Å². The van der Waals surface area contributed by atoms with Crippen molar-refractivity contribution in [2.75, 3.05) is 33.0 Å². The van der Waals surface area contributed by atoms with Crippen LogP contribution in [0.4, 0.5) is 0 Å². The van der Waals surface area contributed by atoms with Gasteiger partial charge in [-0.05, 0) is 7.05 Å². The summed E-state index contributed by atoms with van der Waals surface area (Å²) in [5.41, 5.74) is -1.42. The first kappa shape index (κ1) is 18.9. The largest absolute Gasteiger partial charge is 0.363 e. The van der Waals surface area contributed by atoms with Crippen molar-refractivity contribution < 1.29 is 30.3 Å². The maximum absolute atomic E-state index is 11.7. The van der Waals surface area contributed by atoms with Crippen LogP contribution in [0.5, 0.6) is 0 Å². The molecule has 0 aliphatic heterocycles. The first-order chi connectivity index (χ1) is 8.64. The SMILES string of the molecule is CNS(=O)(=O)CCNS(=O)(=O)C(CNS(=O)O)OC. The molecule has 0 aliphatic carbocycles. The van der Waals surface area contributed by atoms with E-state index in [1.807, 2.05) is 14.2 Å². The lowest BCUT2D eigenvalue weighted by Gasteiger charge is -2.16. The van der Waals surface area contributed by atoms with E-state index in [1.54, 1.807) is 0 Å². The molecule has 10 nitrogen and oxygen atoms in total. The molecule has 0 saturated heterocycles. The second-order valence-electron chi connectivity index (χ2n) is 3.23. The maximum atomic E-state index is 11.7. The van der Waals surface area contributed by atoms with Crippen molar-refractivity contribution in [2.45, 2.75) is 5.44 Å². The van der Waals surface area contributed by atoms with Crippen LogP contribution in [-0.4, -0.2) is 64.0 Å². The van der Waals surface area contributed by atoms with Gasteiger partial charge in [0.1, 0.15) is 0 Å². The molecular formula is C6H17N3O7S3. The van der Waals surface area contributed by atoms with Gasteiger partial charge in [-0.2, -0.15) is 0 Å². The molecule has 2 unspecified atom stereocenters. The highest BCUT2D eigenvalue weighted by molar-refractivity contribution is 7.90. The lowest BCUT2D eigenvalue weighted by atomic mass is 10.7. The monoisotopic (exact) mass is 339 g/mol. The predicted molar refractivity (Wildman–Crippen MR) is 69.3 cm³/mol. The Kier molecular flexibility index (Phi) is 8.14. The predicted octanol–water partition coefficient (Wildman–Crippen LogP) is -2.85. The lowest BCUT2D eigenvalue weighted by molar-refractivity contribution is 0.165. The van der Waals surface area contributed by atoms with E-state index in [4.69, 9.17) is 4.55 Å². The third-order valence-corrected chi connectivity index (χ3v) is 5.40.